The third kappa shape index (κ3) is 2.88. The first-order chi connectivity index (χ1) is 8.30. The van der Waals surface area contributed by atoms with E-state index in [1.54, 1.807) is 13.8 Å². The van der Waals surface area contributed by atoms with Crippen molar-refractivity contribution in [3.8, 4) is 0 Å². The molecule has 0 spiro atoms. The second-order valence-electron chi connectivity index (χ2n) is 3.92. The summed E-state index contributed by atoms with van der Waals surface area (Å²) >= 11 is 0. The zero-order valence-corrected chi connectivity index (χ0v) is 11.7. The zero-order chi connectivity index (χ0) is 13.9. The Morgan fingerprint density at radius 1 is 1.44 bits per heavy atom. The van der Waals surface area contributed by atoms with E-state index in [1.165, 1.54) is 14.2 Å². The van der Waals surface area contributed by atoms with Crippen molar-refractivity contribution in [1.82, 2.24) is 14.5 Å². The van der Waals surface area contributed by atoms with Crippen LogP contribution in [-0.2, 0) is 19.6 Å². The molecule has 0 amide bonds. The van der Waals surface area contributed by atoms with Crippen molar-refractivity contribution in [2.45, 2.75) is 25.2 Å². The summed E-state index contributed by atoms with van der Waals surface area (Å²) in [4.78, 5) is 11.2. The normalized spacial score (nSPS) is 11.8. The molecule has 0 unspecified atom stereocenters. The number of esters is 1. The summed E-state index contributed by atoms with van der Waals surface area (Å²) in [5.41, 5.74) is 0.898. The minimum absolute atomic E-state index is 0.0160. The van der Waals surface area contributed by atoms with Crippen LogP contribution < -0.4 is 0 Å². The van der Waals surface area contributed by atoms with Crippen molar-refractivity contribution in [1.29, 1.82) is 0 Å². The van der Waals surface area contributed by atoms with Gasteiger partial charge < -0.3 is 4.74 Å². The maximum Gasteiger partial charge on any atom is 0.306 e. The Balaban J connectivity index is 2.91. The fourth-order valence-electron chi connectivity index (χ4n) is 1.55. The lowest BCUT2D eigenvalue weighted by atomic mass is 10.4. The molecule has 7 nitrogen and oxygen atoms in total. The van der Waals surface area contributed by atoms with Gasteiger partial charge in [0.1, 0.15) is 4.90 Å². The fraction of sp³-hybridized carbons (Fsp3) is 0.600. The zero-order valence-electron chi connectivity index (χ0n) is 10.8. The number of aromatic nitrogens is 2. The maximum atomic E-state index is 12.2. The van der Waals surface area contributed by atoms with Gasteiger partial charge in [-0.3, -0.25) is 9.89 Å². The average Bonchev–Trinajstić information content (AvgIpc) is 2.65. The first kappa shape index (κ1) is 14.7. The van der Waals surface area contributed by atoms with Gasteiger partial charge in [-0.1, -0.05) is 0 Å². The SMILES string of the molecule is COC(=O)CCN(C)S(=O)(=O)c1c(C)n[nH]c1C. The second kappa shape index (κ2) is 5.49. The monoisotopic (exact) mass is 275 g/mol. The third-order valence-electron chi connectivity index (χ3n) is 2.59. The van der Waals surface area contributed by atoms with E-state index in [0.29, 0.717) is 11.4 Å². The Morgan fingerprint density at radius 2 is 2.06 bits per heavy atom. The van der Waals surface area contributed by atoms with Crippen LogP contribution in [0.1, 0.15) is 17.8 Å². The van der Waals surface area contributed by atoms with E-state index < -0.39 is 16.0 Å². The van der Waals surface area contributed by atoms with E-state index in [0.717, 1.165) is 4.31 Å². The van der Waals surface area contributed by atoms with Crippen LogP contribution >= 0.6 is 0 Å². The van der Waals surface area contributed by atoms with Gasteiger partial charge in [0, 0.05) is 13.6 Å². The number of carbonyl (C=O) groups excluding carboxylic acids is 1. The number of H-pyrrole nitrogens is 1. The van der Waals surface area contributed by atoms with Crippen LogP contribution in [0, 0.1) is 13.8 Å². The molecule has 1 N–H and O–H groups in total. The summed E-state index contributed by atoms with van der Waals surface area (Å²) in [7, 11) is -0.943. The quantitative estimate of drug-likeness (QED) is 0.775. The lowest BCUT2D eigenvalue weighted by Crippen LogP contribution is -2.30. The Hall–Kier alpha value is -1.41. The van der Waals surface area contributed by atoms with Crippen LogP contribution in [0.3, 0.4) is 0 Å². The van der Waals surface area contributed by atoms with Crippen LogP contribution in [0.15, 0.2) is 4.90 Å². The molecule has 0 aliphatic rings. The van der Waals surface area contributed by atoms with Crippen LogP contribution in [-0.4, -0.2) is 49.6 Å². The molecular weight excluding hydrogens is 258 g/mol. The molecular formula is C10H17N3O4S. The molecule has 0 atom stereocenters. The fourth-order valence-corrected chi connectivity index (χ4v) is 3.04. The van der Waals surface area contributed by atoms with Crippen LogP contribution in [0.4, 0.5) is 0 Å². The molecule has 0 aromatic carbocycles. The number of nitrogens with one attached hydrogen (secondary N) is 1. The topological polar surface area (TPSA) is 92.4 Å². The molecule has 1 heterocycles. The third-order valence-corrected chi connectivity index (χ3v) is 4.71. The molecule has 0 bridgehead atoms. The largest absolute Gasteiger partial charge is 0.469 e. The lowest BCUT2D eigenvalue weighted by Gasteiger charge is -2.16. The maximum absolute atomic E-state index is 12.2. The number of aromatic amines is 1. The smallest absolute Gasteiger partial charge is 0.306 e. The van der Waals surface area contributed by atoms with Gasteiger partial charge in [-0.2, -0.15) is 5.10 Å². The number of nitrogens with zero attached hydrogens (tertiary/aromatic N) is 2. The Kier molecular flexibility index (Phi) is 4.47. The highest BCUT2D eigenvalue weighted by Gasteiger charge is 2.27. The van der Waals surface area contributed by atoms with E-state index >= 15 is 0 Å². The highest BCUT2D eigenvalue weighted by molar-refractivity contribution is 7.89. The minimum Gasteiger partial charge on any atom is -0.469 e. The van der Waals surface area contributed by atoms with Crippen molar-refractivity contribution >= 4 is 16.0 Å². The number of aryl methyl sites for hydroxylation is 2. The van der Waals surface area contributed by atoms with Gasteiger partial charge in [0.2, 0.25) is 10.0 Å². The lowest BCUT2D eigenvalue weighted by molar-refractivity contribution is -0.140. The first-order valence-electron chi connectivity index (χ1n) is 5.35. The summed E-state index contributed by atoms with van der Waals surface area (Å²) < 4.78 is 30.1. The van der Waals surface area contributed by atoms with E-state index in [2.05, 4.69) is 14.9 Å². The number of methoxy groups -OCH3 is 1. The number of sulfonamides is 1. The highest BCUT2D eigenvalue weighted by Crippen LogP contribution is 2.20. The van der Waals surface area contributed by atoms with E-state index in [9.17, 15) is 13.2 Å². The van der Waals surface area contributed by atoms with Gasteiger partial charge in [-0.15, -0.1) is 0 Å². The van der Waals surface area contributed by atoms with Gasteiger partial charge in [0.15, 0.2) is 0 Å². The Bertz CT molecular complexity index is 516. The number of hydrogen-bond acceptors (Lipinski definition) is 5. The van der Waals surface area contributed by atoms with Crippen molar-refractivity contribution in [2.24, 2.45) is 0 Å². The summed E-state index contributed by atoms with van der Waals surface area (Å²) in [6, 6.07) is 0. The van der Waals surface area contributed by atoms with Crippen LogP contribution in [0.2, 0.25) is 0 Å². The second-order valence-corrected chi connectivity index (χ2v) is 5.90. The number of carbonyl (C=O) groups is 1. The molecule has 0 radical (unpaired) electrons. The molecule has 0 aliphatic heterocycles. The van der Waals surface area contributed by atoms with Gasteiger partial charge in [0.25, 0.3) is 0 Å². The molecule has 102 valence electrons. The standard InChI is InChI=1S/C10H17N3O4S/c1-7-10(8(2)12-11-7)18(15,16)13(3)6-5-9(14)17-4/h5-6H2,1-4H3,(H,11,12). The van der Waals surface area contributed by atoms with Crippen LogP contribution in [0.25, 0.3) is 0 Å². The molecule has 18 heavy (non-hydrogen) atoms. The summed E-state index contributed by atoms with van der Waals surface area (Å²) in [6.07, 6.45) is 0.0160. The molecule has 8 heteroatoms. The molecule has 0 aliphatic carbocycles. The summed E-state index contributed by atoms with van der Waals surface area (Å²) in [6.45, 7) is 3.32. The van der Waals surface area contributed by atoms with E-state index in [4.69, 9.17) is 0 Å². The predicted octanol–water partition coefficient (Wildman–Crippen LogP) is 0.210. The number of rotatable bonds is 5. The van der Waals surface area contributed by atoms with Crippen molar-refractivity contribution in [3.05, 3.63) is 11.4 Å². The predicted molar refractivity (Wildman–Crippen MR) is 64.5 cm³/mol. The van der Waals surface area contributed by atoms with Gasteiger partial charge in [-0.25, -0.2) is 12.7 Å². The van der Waals surface area contributed by atoms with Crippen molar-refractivity contribution < 1.29 is 17.9 Å². The molecule has 1 rings (SSSR count). The first-order valence-corrected chi connectivity index (χ1v) is 6.79. The van der Waals surface area contributed by atoms with Gasteiger partial charge >= 0.3 is 5.97 Å². The molecule has 0 saturated carbocycles. The number of ether oxygens (including phenoxy) is 1. The van der Waals surface area contributed by atoms with E-state index in [1.807, 2.05) is 0 Å². The highest BCUT2D eigenvalue weighted by atomic mass is 32.2. The summed E-state index contributed by atoms with van der Waals surface area (Å²) in [5.74, 6) is -0.447. The van der Waals surface area contributed by atoms with Crippen molar-refractivity contribution in [2.75, 3.05) is 20.7 Å². The minimum atomic E-state index is -3.63. The number of hydrogen-bond donors (Lipinski definition) is 1. The summed E-state index contributed by atoms with van der Waals surface area (Å²) in [5, 5.41) is 6.48. The molecule has 1 aromatic heterocycles. The molecule has 0 saturated heterocycles. The average molecular weight is 275 g/mol. The molecule has 1 aromatic rings. The van der Waals surface area contributed by atoms with Gasteiger partial charge in [-0.05, 0) is 13.8 Å². The van der Waals surface area contributed by atoms with Crippen molar-refractivity contribution in [3.63, 3.8) is 0 Å². The van der Waals surface area contributed by atoms with Crippen LogP contribution in [0.5, 0.6) is 0 Å². The molecule has 0 fully saturated rings. The van der Waals surface area contributed by atoms with E-state index in [-0.39, 0.29) is 17.9 Å². The Labute approximate surface area is 106 Å². The van der Waals surface area contributed by atoms with Gasteiger partial charge in [0.05, 0.1) is 24.9 Å². The Morgan fingerprint density at radius 3 is 2.50 bits per heavy atom.